The molecule has 0 aromatic heterocycles. The molecule has 0 spiro atoms. The van der Waals surface area contributed by atoms with Crippen LogP contribution in [0.4, 0.5) is 4.39 Å². The van der Waals surface area contributed by atoms with E-state index in [1.54, 1.807) is 30.0 Å². The molecular weight excluding hydrogens is 273 g/mol. The molecule has 116 valence electrons. The average molecular weight is 295 g/mol. The first kappa shape index (κ1) is 15.8. The fourth-order valence-corrected chi connectivity index (χ4v) is 2.60. The summed E-state index contributed by atoms with van der Waals surface area (Å²) in [5, 5.41) is 9.54. The molecule has 1 fully saturated rings. The van der Waals surface area contributed by atoms with Crippen molar-refractivity contribution in [2.75, 3.05) is 19.7 Å². The highest BCUT2D eigenvalue weighted by atomic mass is 19.1. The summed E-state index contributed by atoms with van der Waals surface area (Å²) in [5.74, 6) is 0.0694. The molecule has 1 aromatic carbocycles. The summed E-state index contributed by atoms with van der Waals surface area (Å²) in [5.41, 5.74) is 0. The van der Waals surface area contributed by atoms with Gasteiger partial charge in [0, 0.05) is 13.1 Å². The predicted molar refractivity (Wildman–Crippen MR) is 77.5 cm³/mol. The van der Waals surface area contributed by atoms with E-state index in [1.807, 2.05) is 0 Å². The number of benzene rings is 1. The number of carbonyl (C=O) groups is 1. The third kappa shape index (κ3) is 4.43. The smallest absolute Gasteiger partial charge is 0.225 e. The van der Waals surface area contributed by atoms with Gasteiger partial charge in [-0.25, -0.2) is 4.39 Å². The number of ether oxygens (including phenoxy) is 1. The van der Waals surface area contributed by atoms with Crippen molar-refractivity contribution in [2.45, 2.75) is 32.3 Å². The maximum Gasteiger partial charge on any atom is 0.225 e. The van der Waals surface area contributed by atoms with Gasteiger partial charge in [-0.15, -0.1) is 0 Å². The van der Waals surface area contributed by atoms with Crippen LogP contribution in [0.5, 0.6) is 5.75 Å². The molecule has 1 N–H and O–H groups in total. The first-order valence-electron chi connectivity index (χ1n) is 7.41. The molecule has 1 aliphatic heterocycles. The number of aliphatic hydroxyl groups excluding tert-OH is 1. The molecule has 1 heterocycles. The number of halogens is 1. The summed E-state index contributed by atoms with van der Waals surface area (Å²) in [6.07, 6.45) is 1.59. The van der Waals surface area contributed by atoms with Crippen LogP contribution in [-0.2, 0) is 4.79 Å². The van der Waals surface area contributed by atoms with E-state index in [1.165, 1.54) is 6.07 Å². The lowest BCUT2D eigenvalue weighted by molar-refractivity contribution is -0.133. The van der Waals surface area contributed by atoms with Crippen molar-refractivity contribution in [3.63, 3.8) is 0 Å². The van der Waals surface area contributed by atoms with Crippen LogP contribution < -0.4 is 4.74 Å². The second-order valence-electron chi connectivity index (χ2n) is 5.49. The van der Waals surface area contributed by atoms with Crippen molar-refractivity contribution in [3.8, 4) is 5.75 Å². The molecule has 1 aromatic rings. The number of aliphatic hydroxyl groups is 1. The molecule has 1 amide bonds. The highest BCUT2D eigenvalue weighted by molar-refractivity contribution is 5.76. The Morgan fingerprint density at radius 3 is 2.71 bits per heavy atom. The van der Waals surface area contributed by atoms with E-state index in [0.29, 0.717) is 13.1 Å². The highest BCUT2D eigenvalue weighted by Crippen LogP contribution is 2.21. The van der Waals surface area contributed by atoms with Crippen molar-refractivity contribution in [1.82, 2.24) is 4.90 Å². The first-order chi connectivity index (χ1) is 10.1. The molecule has 0 bridgehead atoms. The Morgan fingerprint density at radius 2 is 2.10 bits per heavy atom. The fourth-order valence-electron chi connectivity index (χ4n) is 2.60. The number of hydrogen-bond acceptors (Lipinski definition) is 3. The molecule has 21 heavy (non-hydrogen) atoms. The Bertz CT molecular complexity index is 470. The number of carbonyl (C=O) groups excluding carboxylic acids is 1. The second-order valence-corrected chi connectivity index (χ2v) is 5.49. The molecule has 0 unspecified atom stereocenters. The molecule has 2 rings (SSSR count). The van der Waals surface area contributed by atoms with E-state index in [-0.39, 0.29) is 36.7 Å². The summed E-state index contributed by atoms with van der Waals surface area (Å²) in [6.45, 7) is 3.32. The van der Waals surface area contributed by atoms with Crippen molar-refractivity contribution in [1.29, 1.82) is 0 Å². The van der Waals surface area contributed by atoms with E-state index in [9.17, 15) is 14.3 Å². The zero-order valence-electron chi connectivity index (χ0n) is 12.3. The number of hydrogen-bond donors (Lipinski definition) is 1. The van der Waals surface area contributed by atoms with E-state index in [4.69, 9.17) is 4.74 Å². The van der Waals surface area contributed by atoms with Gasteiger partial charge in [-0.1, -0.05) is 12.1 Å². The molecule has 1 aliphatic rings. The number of nitrogens with zero attached hydrogens (tertiary/aromatic N) is 1. The molecule has 1 saturated heterocycles. The van der Waals surface area contributed by atoms with Crippen molar-refractivity contribution >= 4 is 5.91 Å². The average Bonchev–Trinajstić information content (AvgIpc) is 2.49. The third-order valence-electron chi connectivity index (χ3n) is 3.98. The van der Waals surface area contributed by atoms with Gasteiger partial charge in [-0.05, 0) is 37.8 Å². The van der Waals surface area contributed by atoms with E-state index in [2.05, 4.69) is 0 Å². The summed E-state index contributed by atoms with van der Waals surface area (Å²) >= 11 is 0. The number of para-hydroxylation sites is 1. The minimum Gasteiger partial charge on any atom is -0.490 e. The molecule has 4 nitrogen and oxygen atoms in total. The SMILES string of the molecule is C[C@@H](O)C1CCN(C(=O)CCOc2ccccc2F)CC1. The lowest BCUT2D eigenvalue weighted by atomic mass is 9.92. The zero-order valence-corrected chi connectivity index (χ0v) is 12.3. The summed E-state index contributed by atoms with van der Waals surface area (Å²) in [6, 6.07) is 6.17. The number of rotatable bonds is 5. The van der Waals surface area contributed by atoms with Crippen LogP contribution in [0.2, 0.25) is 0 Å². The Labute approximate surface area is 124 Å². The number of likely N-dealkylation sites (tertiary alicyclic amines) is 1. The van der Waals surface area contributed by atoms with Crippen LogP contribution in [0.15, 0.2) is 24.3 Å². The minimum absolute atomic E-state index is 0.0235. The second kappa shape index (κ2) is 7.41. The van der Waals surface area contributed by atoms with E-state index < -0.39 is 5.82 Å². The quantitative estimate of drug-likeness (QED) is 0.906. The van der Waals surface area contributed by atoms with Crippen LogP contribution in [-0.4, -0.2) is 41.7 Å². The van der Waals surface area contributed by atoms with Crippen LogP contribution >= 0.6 is 0 Å². The molecule has 0 saturated carbocycles. The lowest BCUT2D eigenvalue weighted by Crippen LogP contribution is -2.41. The van der Waals surface area contributed by atoms with Gasteiger partial charge in [0.1, 0.15) is 0 Å². The normalized spacial score (nSPS) is 17.6. The van der Waals surface area contributed by atoms with Gasteiger partial charge < -0.3 is 14.7 Å². The molecule has 0 aliphatic carbocycles. The Hall–Kier alpha value is -1.62. The highest BCUT2D eigenvalue weighted by Gasteiger charge is 2.25. The lowest BCUT2D eigenvalue weighted by Gasteiger charge is -2.33. The standard InChI is InChI=1S/C16H22FNO3/c1-12(19)13-6-9-18(10-7-13)16(20)8-11-21-15-5-3-2-4-14(15)17/h2-5,12-13,19H,6-11H2,1H3/t12-/m1/s1. The fraction of sp³-hybridized carbons (Fsp3) is 0.562. The van der Waals surface area contributed by atoms with Crippen LogP contribution in [0.25, 0.3) is 0 Å². The van der Waals surface area contributed by atoms with Crippen LogP contribution in [0.3, 0.4) is 0 Å². The molecular formula is C16H22FNO3. The largest absolute Gasteiger partial charge is 0.490 e. The van der Waals surface area contributed by atoms with Gasteiger partial charge in [0.05, 0.1) is 19.1 Å². The van der Waals surface area contributed by atoms with Gasteiger partial charge in [-0.2, -0.15) is 0 Å². The van der Waals surface area contributed by atoms with Gasteiger partial charge >= 0.3 is 0 Å². The molecule has 5 heteroatoms. The number of piperidine rings is 1. The zero-order chi connectivity index (χ0) is 15.2. The maximum absolute atomic E-state index is 13.3. The van der Waals surface area contributed by atoms with Crippen LogP contribution in [0.1, 0.15) is 26.2 Å². The van der Waals surface area contributed by atoms with Crippen molar-refractivity contribution in [3.05, 3.63) is 30.1 Å². The Morgan fingerprint density at radius 1 is 1.43 bits per heavy atom. The molecule has 1 atom stereocenters. The van der Waals surface area contributed by atoms with Gasteiger partial charge in [0.15, 0.2) is 11.6 Å². The minimum atomic E-state index is -0.414. The summed E-state index contributed by atoms with van der Waals surface area (Å²) < 4.78 is 18.6. The Balaban J connectivity index is 1.72. The van der Waals surface area contributed by atoms with Crippen molar-refractivity contribution < 1.29 is 19.0 Å². The van der Waals surface area contributed by atoms with Crippen LogP contribution in [0, 0.1) is 11.7 Å². The number of amides is 1. The summed E-state index contributed by atoms with van der Waals surface area (Å²) in [7, 11) is 0. The Kier molecular flexibility index (Phi) is 5.56. The topological polar surface area (TPSA) is 49.8 Å². The van der Waals surface area contributed by atoms with Gasteiger partial charge in [0.25, 0.3) is 0 Å². The van der Waals surface area contributed by atoms with E-state index in [0.717, 1.165) is 12.8 Å². The monoisotopic (exact) mass is 295 g/mol. The van der Waals surface area contributed by atoms with Crippen molar-refractivity contribution in [2.24, 2.45) is 5.92 Å². The third-order valence-corrected chi connectivity index (χ3v) is 3.98. The maximum atomic E-state index is 13.3. The van der Waals surface area contributed by atoms with Gasteiger partial charge in [-0.3, -0.25) is 4.79 Å². The first-order valence-corrected chi connectivity index (χ1v) is 7.41. The molecule has 0 radical (unpaired) electrons. The van der Waals surface area contributed by atoms with E-state index >= 15 is 0 Å². The summed E-state index contributed by atoms with van der Waals surface area (Å²) in [4.78, 5) is 13.8. The van der Waals surface area contributed by atoms with Gasteiger partial charge in [0.2, 0.25) is 5.91 Å². The predicted octanol–water partition coefficient (Wildman–Crippen LogP) is 2.21.